The quantitative estimate of drug-likeness (QED) is 0.443. The van der Waals surface area contributed by atoms with E-state index in [0.717, 1.165) is 28.0 Å². The Kier molecular flexibility index (Phi) is 5.70. The van der Waals surface area contributed by atoms with Crippen LogP contribution >= 0.6 is 0 Å². The molecule has 0 saturated heterocycles. The van der Waals surface area contributed by atoms with E-state index in [9.17, 15) is 10.1 Å². The van der Waals surface area contributed by atoms with Crippen LogP contribution in [0.1, 0.15) is 5.56 Å². The number of nitrogens with zero attached hydrogens (tertiary/aromatic N) is 2. The zero-order chi connectivity index (χ0) is 19.1. The van der Waals surface area contributed by atoms with E-state index in [2.05, 4.69) is 20.6 Å². The first kappa shape index (κ1) is 18.0. The first-order valence-electron chi connectivity index (χ1n) is 8.40. The summed E-state index contributed by atoms with van der Waals surface area (Å²) in [4.78, 5) is 19.3. The van der Waals surface area contributed by atoms with E-state index in [1.807, 2.05) is 48.5 Å². The van der Waals surface area contributed by atoms with Crippen LogP contribution in [0.4, 0.5) is 5.69 Å². The molecule has 0 atom stereocenters. The summed E-state index contributed by atoms with van der Waals surface area (Å²) in [5, 5.41) is 15.0. The largest absolute Gasteiger partial charge is 0.497 e. The van der Waals surface area contributed by atoms with Gasteiger partial charge in [-0.05, 0) is 42.3 Å². The maximum Gasteiger partial charge on any atom is 0.263 e. The van der Waals surface area contributed by atoms with Crippen LogP contribution in [0, 0.1) is 11.3 Å². The number of anilines is 1. The molecule has 0 spiro atoms. The van der Waals surface area contributed by atoms with E-state index in [1.54, 1.807) is 13.4 Å². The van der Waals surface area contributed by atoms with Crippen molar-refractivity contribution >= 4 is 22.6 Å². The fourth-order valence-corrected chi connectivity index (χ4v) is 2.54. The minimum absolute atomic E-state index is 0.00874. The second-order valence-electron chi connectivity index (χ2n) is 5.80. The minimum Gasteiger partial charge on any atom is -0.497 e. The van der Waals surface area contributed by atoms with Gasteiger partial charge in [0.25, 0.3) is 5.91 Å². The standard InChI is InChI=1S/C20H19N5O2/c1-27-17-5-2-14(3-6-17)8-9-22-20(26)15(11-21)12-23-16-4-7-18-19(10-16)25-13-24-18/h2-7,10,12-13,23H,8-9H2,1H3,(H,22,26)(H,24,25)/b15-12-. The molecule has 3 rings (SSSR count). The molecular formula is C20H19N5O2. The average molecular weight is 361 g/mol. The number of aromatic amines is 1. The maximum atomic E-state index is 12.2. The van der Waals surface area contributed by atoms with Crippen molar-refractivity contribution in [3.8, 4) is 11.8 Å². The molecule has 1 heterocycles. The smallest absolute Gasteiger partial charge is 0.263 e. The molecule has 27 heavy (non-hydrogen) atoms. The van der Waals surface area contributed by atoms with Crippen LogP contribution in [-0.2, 0) is 11.2 Å². The van der Waals surface area contributed by atoms with E-state index in [-0.39, 0.29) is 5.57 Å². The van der Waals surface area contributed by atoms with Gasteiger partial charge >= 0.3 is 0 Å². The SMILES string of the molecule is COc1ccc(CCNC(=O)/C(C#N)=C\Nc2ccc3nc[nH]c3c2)cc1. The lowest BCUT2D eigenvalue weighted by Gasteiger charge is -2.06. The fraction of sp³-hybridized carbons (Fsp3) is 0.150. The summed E-state index contributed by atoms with van der Waals surface area (Å²) in [7, 11) is 1.62. The van der Waals surface area contributed by atoms with Gasteiger partial charge in [0, 0.05) is 18.4 Å². The van der Waals surface area contributed by atoms with E-state index in [1.165, 1.54) is 6.20 Å². The highest BCUT2D eigenvalue weighted by atomic mass is 16.5. The number of rotatable bonds is 7. The third-order valence-corrected chi connectivity index (χ3v) is 4.03. The van der Waals surface area contributed by atoms with Gasteiger partial charge in [0.2, 0.25) is 0 Å². The van der Waals surface area contributed by atoms with Crippen molar-refractivity contribution in [2.24, 2.45) is 0 Å². The van der Waals surface area contributed by atoms with Crippen molar-refractivity contribution in [1.29, 1.82) is 5.26 Å². The summed E-state index contributed by atoms with van der Waals surface area (Å²) in [6.45, 7) is 0.435. The Bertz CT molecular complexity index is 999. The van der Waals surface area contributed by atoms with Crippen LogP contribution in [0.25, 0.3) is 11.0 Å². The van der Waals surface area contributed by atoms with Crippen molar-refractivity contribution in [2.75, 3.05) is 19.0 Å². The number of amides is 1. The number of ether oxygens (including phenoxy) is 1. The van der Waals surface area contributed by atoms with Crippen molar-refractivity contribution in [2.45, 2.75) is 6.42 Å². The topological polar surface area (TPSA) is 103 Å². The van der Waals surface area contributed by atoms with Crippen LogP contribution in [0.2, 0.25) is 0 Å². The summed E-state index contributed by atoms with van der Waals surface area (Å²) in [5.74, 6) is 0.373. The summed E-state index contributed by atoms with van der Waals surface area (Å²) in [6, 6.07) is 15.1. The van der Waals surface area contributed by atoms with Gasteiger partial charge in [-0.25, -0.2) is 4.98 Å². The van der Waals surface area contributed by atoms with E-state index in [4.69, 9.17) is 4.74 Å². The number of hydrogen-bond acceptors (Lipinski definition) is 5. The van der Waals surface area contributed by atoms with Crippen molar-refractivity contribution in [1.82, 2.24) is 15.3 Å². The molecular weight excluding hydrogens is 342 g/mol. The summed E-state index contributed by atoms with van der Waals surface area (Å²) in [5.41, 5.74) is 3.56. The van der Waals surface area contributed by atoms with Crippen LogP contribution in [0.15, 0.2) is 60.6 Å². The first-order chi connectivity index (χ1) is 13.2. The normalized spacial score (nSPS) is 11.0. The third kappa shape index (κ3) is 4.64. The molecule has 0 radical (unpaired) electrons. The Morgan fingerprint density at radius 3 is 2.85 bits per heavy atom. The second-order valence-corrected chi connectivity index (χ2v) is 5.80. The highest BCUT2D eigenvalue weighted by molar-refractivity contribution is 5.97. The fourth-order valence-electron chi connectivity index (χ4n) is 2.54. The number of aromatic nitrogens is 2. The predicted octanol–water partition coefficient (Wildman–Crippen LogP) is 2.75. The lowest BCUT2D eigenvalue weighted by molar-refractivity contribution is -0.117. The molecule has 0 aliphatic heterocycles. The Morgan fingerprint density at radius 1 is 1.30 bits per heavy atom. The van der Waals surface area contributed by atoms with Gasteiger partial charge in [-0.3, -0.25) is 4.79 Å². The number of hydrogen-bond donors (Lipinski definition) is 3. The number of nitriles is 1. The van der Waals surface area contributed by atoms with Crippen molar-refractivity contribution in [3.05, 3.63) is 66.1 Å². The molecule has 0 unspecified atom stereocenters. The average Bonchev–Trinajstić information content (AvgIpc) is 3.17. The molecule has 1 amide bonds. The van der Waals surface area contributed by atoms with Gasteiger partial charge in [0.1, 0.15) is 17.4 Å². The number of benzene rings is 2. The lowest BCUT2D eigenvalue weighted by atomic mass is 10.1. The predicted molar refractivity (Wildman–Crippen MR) is 103 cm³/mol. The molecule has 0 aliphatic carbocycles. The molecule has 0 saturated carbocycles. The molecule has 3 aromatic rings. The monoisotopic (exact) mass is 361 g/mol. The Morgan fingerprint density at radius 2 is 2.11 bits per heavy atom. The van der Waals surface area contributed by atoms with Gasteiger partial charge in [0.05, 0.1) is 24.5 Å². The summed E-state index contributed by atoms with van der Waals surface area (Å²) >= 11 is 0. The molecule has 1 aromatic heterocycles. The molecule has 136 valence electrons. The summed E-state index contributed by atoms with van der Waals surface area (Å²) < 4.78 is 5.11. The van der Waals surface area contributed by atoms with Crippen LogP contribution in [0.5, 0.6) is 5.75 Å². The Labute approximate surface area is 156 Å². The lowest BCUT2D eigenvalue weighted by Crippen LogP contribution is -2.27. The van der Waals surface area contributed by atoms with Crippen molar-refractivity contribution in [3.63, 3.8) is 0 Å². The summed E-state index contributed by atoms with van der Waals surface area (Å²) in [6.07, 6.45) is 3.68. The highest BCUT2D eigenvalue weighted by Gasteiger charge is 2.08. The second kappa shape index (κ2) is 8.54. The van der Waals surface area contributed by atoms with Crippen LogP contribution in [0.3, 0.4) is 0 Å². The zero-order valence-electron chi connectivity index (χ0n) is 14.8. The highest BCUT2D eigenvalue weighted by Crippen LogP contribution is 2.16. The van der Waals surface area contributed by atoms with Gasteiger partial charge < -0.3 is 20.4 Å². The van der Waals surface area contributed by atoms with Crippen molar-refractivity contribution < 1.29 is 9.53 Å². The molecule has 0 fully saturated rings. The van der Waals surface area contributed by atoms with E-state index >= 15 is 0 Å². The number of methoxy groups -OCH3 is 1. The molecule has 7 heteroatoms. The number of fused-ring (bicyclic) bond motifs is 1. The number of nitrogens with one attached hydrogen (secondary N) is 3. The van der Waals surface area contributed by atoms with Gasteiger partial charge in [-0.15, -0.1) is 0 Å². The molecule has 7 nitrogen and oxygen atoms in total. The zero-order valence-corrected chi connectivity index (χ0v) is 14.8. The Hall–Kier alpha value is -3.79. The number of carbonyl (C=O) groups is 1. The molecule has 3 N–H and O–H groups in total. The minimum atomic E-state index is -0.416. The van der Waals surface area contributed by atoms with E-state index < -0.39 is 5.91 Å². The molecule has 0 aliphatic rings. The third-order valence-electron chi connectivity index (χ3n) is 4.03. The number of H-pyrrole nitrogens is 1. The number of carbonyl (C=O) groups excluding carboxylic acids is 1. The number of imidazole rings is 1. The van der Waals surface area contributed by atoms with Gasteiger partial charge in [0.15, 0.2) is 0 Å². The Balaban J connectivity index is 1.54. The molecule has 2 aromatic carbocycles. The maximum absolute atomic E-state index is 12.2. The van der Waals surface area contributed by atoms with Gasteiger partial charge in [-0.1, -0.05) is 12.1 Å². The van der Waals surface area contributed by atoms with Gasteiger partial charge in [-0.2, -0.15) is 5.26 Å². The first-order valence-corrected chi connectivity index (χ1v) is 8.40. The van der Waals surface area contributed by atoms with E-state index in [0.29, 0.717) is 13.0 Å². The van der Waals surface area contributed by atoms with Crippen LogP contribution < -0.4 is 15.4 Å². The van der Waals surface area contributed by atoms with Crippen LogP contribution in [-0.4, -0.2) is 29.5 Å². The molecule has 0 bridgehead atoms.